The molecule has 2 aromatic rings. The van der Waals surface area contributed by atoms with Crippen LogP contribution in [0.5, 0.6) is 0 Å². The van der Waals surface area contributed by atoms with Crippen LogP contribution in [0.25, 0.3) is 0 Å². The molecule has 0 spiro atoms. The van der Waals surface area contributed by atoms with Gasteiger partial charge in [0.05, 0.1) is 35.9 Å². The van der Waals surface area contributed by atoms with Crippen molar-refractivity contribution in [3.05, 3.63) is 59.4 Å². The zero-order chi connectivity index (χ0) is 22.0. The summed E-state index contributed by atoms with van der Waals surface area (Å²) in [6, 6.07) is 14.2. The number of pyridine rings is 1. The number of methoxy groups -OCH3 is 1. The molecule has 1 aromatic carbocycles. The van der Waals surface area contributed by atoms with E-state index in [2.05, 4.69) is 35.1 Å². The van der Waals surface area contributed by atoms with Crippen LogP contribution in [0, 0.1) is 11.3 Å². The first kappa shape index (κ1) is 24.1. The summed E-state index contributed by atoms with van der Waals surface area (Å²) in [4.78, 5) is 22.2. The summed E-state index contributed by atoms with van der Waals surface area (Å²) < 4.78 is 5.38. The van der Waals surface area contributed by atoms with Crippen LogP contribution in [-0.4, -0.2) is 67.8 Å². The number of carbonyl (C=O) groups is 1. The minimum atomic E-state index is -0.428. The number of benzene rings is 1. The van der Waals surface area contributed by atoms with Crippen molar-refractivity contribution >= 4 is 24.0 Å². The van der Waals surface area contributed by atoms with Crippen LogP contribution in [0.1, 0.15) is 30.7 Å². The molecule has 1 fully saturated rings. The molecule has 4 rings (SSSR count). The lowest BCUT2D eigenvalue weighted by molar-refractivity contribution is -0.121. The van der Waals surface area contributed by atoms with Crippen molar-refractivity contribution in [2.24, 2.45) is 0 Å². The highest BCUT2D eigenvalue weighted by molar-refractivity contribution is 5.98. The second-order valence-corrected chi connectivity index (χ2v) is 8.72. The summed E-state index contributed by atoms with van der Waals surface area (Å²) in [7, 11) is 1.69. The molecule has 0 bridgehead atoms. The second-order valence-electron chi connectivity index (χ2n) is 8.72. The Balaban J connectivity index is 0.00000289. The Kier molecular flexibility index (Phi) is 7.52. The van der Waals surface area contributed by atoms with Gasteiger partial charge < -0.3 is 15.0 Å². The van der Waals surface area contributed by atoms with E-state index in [4.69, 9.17) is 4.74 Å². The number of anilines is 1. The van der Waals surface area contributed by atoms with Crippen molar-refractivity contribution in [3.8, 4) is 6.07 Å². The van der Waals surface area contributed by atoms with Gasteiger partial charge in [-0.25, -0.2) is 0 Å². The Labute approximate surface area is 195 Å². The van der Waals surface area contributed by atoms with Crippen LogP contribution in [0.15, 0.2) is 42.6 Å². The number of nitriles is 1. The second kappa shape index (κ2) is 9.97. The predicted molar refractivity (Wildman–Crippen MR) is 126 cm³/mol. The van der Waals surface area contributed by atoms with Crippen molar-refractivity contribution in [1.82, 2.24) is 15.2 Å². The van der Waals surface area contributed by atoms with Gasteiger partial charge in [-0.1, -0.05) is 12.1 Å². The van der Waals surface area contributed by atoms with Crippen molar-refractivity contribution < 1.29 is 9.53 Å². The average Bonchev–Trinajstić information content (AvgIpc) is 3.09. The smallest absolute Gasteiger partial charge is 0.241 e. The predicted octanol–water partition coefficient (Wildman–Crippen LogP) is 2.34. The molecule has 3 atom stereocenters. The van der Waals surface area contributed by atoms with Gasteiger partial charge in [0.1, 0.15) is 0 Å². The van der Waals surface area contributed by atoms with Gasteiger partial charge in [-0.3, -0.25) is 14.7 Å². The minimum absolute atomic E-state index is 0. The standard InChI is InChI=1S/C24H29N5O2.ClH/c1-17-13-28(19(12-27-17)15-31-3)14-23(30)29-16-24(2,22-6-4-5-9-26-22)20-8-7-18(11-25)10-21(20)29;/h4-10,17,19,27H,12-16H2,1-3H3;1H/t17-,19-,24?;/m1./s1. The van der Waals surface area contributed by atoms with Crippen molar-refractivity contribution in [2.75, 3.05) is 44.8 Å². The Morgan fingerprint density at radius 2 is 2.19 bits per heavy atom. The number of nitrogens with one attached hydrogen (secondary N) is 1. The van der Waals surface area contributed by atoms with Crippen LogP contribution in [-0.2, 0) is 14.9 Å². The van der Waals surface area contributed by atoms with Crippen LogP contribution >= 0.6 is 12.4 Å². The zero-order valence-corrected chi connectivity index (χ0v) is 19.6. The van der Waals surface area contributed by atoms with Gasteiger partial charge >= 0.3 is 0 Å². The monoisotopic (exact) mass is 455 g/mol. The highest BCUT2D eigenvalue weighted by Crippen LogP contribution is 2.44. The van der Waals surface area contributed by atoms with Crippen LogP contribution in [0.3, 0.4) is 0 Å². The molecule has 1 unspecified atom stereocenters. The minimum Gasteiger partial charge on any atom is -0.383 e. The maximum Gasteiger partial charge on any atom is 0.241 e. The third-order valence-electron chi connectivity index (χ3n) is 6.44. The molecular weight excluding hydrogens is 426 g/mol. The van der Waals surface area contributed by atoms with Gasteiger partial charge in [-0.2, -0.15) is 5.26 Å². The van der Waals surface area contributed by atoms with Gasteiger partial charge in [0.25, 0.3) is 0 Å². The van der Waals surface area contributed by atoms with Crippen molar-refractivity contribution in [3.63, 3.8) is 0 Å². The highest BCUT2D eigenvalue weighted by Gasteiger charge is 2.44. The number of fused-ring (bicyclic) bond motifs is 1. The summed E-state index contributed by atoms with van der Waals surface area (Å²) in [6.45, 7) is 7.22. The van der Waals surface area contributed by atoms with Crippen LogP contribution < -0.4 is 10.2 Å². The van der Waals surface area contributed by atoms with Gasteiger partial charge in [0, 0.05) is 50.7 Å². The maximum atomic E-state index is 13.6. The first-order valence-electron chi connectivity index (χ1n) is 10.7. The van der Waals surface area contributed by atoms with E-state index in [0.717, 1.165) is 30.0 Å². The average molecular weight is 456 g/mol. The number of piperazine rings is 1. The number of hydrogen-bond donors (Lipinski definition) is 1. The first-order valence-corrected chi connectivity index (χ1v) is 10.7. The van der Waals surface area contributed by atoms with E-state index in [1.54, 1.807) is 13.3 Å². The molecule has 0 radical (unpaired) electrons. The van der Waals surface area contributed by atoms with E-state index in [1.807, 2.05) is 41.3 Å². The molecule has 2 aliphatic rings. The van der Waals surface area contributed by atoms with Crippen LogP contribution in [0.4, 0.5) is 5.69 Å². The highest BCUT2D eigenvalue weighted by atomic mass is 35.5. The Morgan fingerprint density at radius 3 is 2.88 bits per heavy atom. The van der Waals surface area contributed by atoms with E-state index in [9.17, 15) is 10.1 Å². The molecule has 170 valence electrons. The number of aromatic nitrogens is 1. The topological polar surface area (TPSA) is 81.5 Å². The molecule has 8 heteroatoms. The molecule has 32 heavy (non-hydrogen) atoms. The number of rotatable bonds is 5. The van der Waals surface area contributed by atoms with Crippen molar-refractivity contribution in [1.29, 1.82) is 5.26 Å². The van der Waals surface area contributed by atoms with Gasteiger partial charge in [-0.15, -0.1) is 12.4 Å². The molecular formula is C24H30ClN5O2. The van der Waals surface area contributed by atoms with Crippen molar-refractivity contribution in [2.45, 2.75) is 31.3 Å². The van der Waals surface area contributed by atoms with Gasteiger partial charge in [-0.05, 0) is 43.7 Å². The lowest BCUT2D eigenvalue weighted by Gasteiger charge is -2.39. The summed E-state index contributed by atoms with van der Waals surface area (Å²) in [5, 5.41) is 12.9. The quantitative estimate of drug-likeness (QED) is 0.745. The molecule has 3 heterocycles. The Morgan fingerprint density at radius 1 is 1.38 bits per heavy atom. The van der Waals surface area contributed by atoms with E-state index in [-0.39, 0.29) is 24.4 Å². The summed E-state index contributed by atoms with van der Waals surface area (Å²) in [5.74, 6) is 0.0335. The summed E-state index contributed by atoms with van der Waals surface area (Å²) in [6.07, 6.45) is 1.78. The molecule has 0 saturated carbocycles. The fourth-order valence-corrected chi connectivity index (χ4v) is 4.75. The molecule has 1 aromatic heterocycles. The Bertz CT molecular complexity index is 996. The SMILES string of the molecule is COC[C@H]1CN[C@H](C)CN1CC(=O)N1CC(C)(c2ccccn2)c2ccc(C#N)cc21.Cl. The van der Waals surface area contributed by atoms with E-state index in [0.29, 0.717) is 31.3 Å². The third kappa shape index (κ3) is 4.50. The van der Waals surface area contributed by atoms with Crippen LogP contribution in [0.2, 0.25) is 0 Å². The van der Waals surface area contributed by atoms with E-state index in [1.165, 1.54) is 0 Å². The number of halogens is 1. The van der Waals surface area contributed by atoms with E-state index < -0.39 is 5.41 Å². The van der Waals surface area contributed by atoms with Gasteiger partial charge in [0.15, 0.2) is 0 Å². The summed E-state index contributed by atoms with van der Waals surface area (Å²) >= 11 is 0. The number of hydrogen-bond acceptors (Lipinski definition) is 6. The van der Waals surface area contributed by atoms with E-state index >= 15 is 0 Å². The summed E-state index contributed by atoms with van der Waals surface area (Å²) in [5.41, 5.74) is 2.88. The number of amides is 1. The lowest BCUT2D eigenvalue weighted by Crippen LogP contribution is -2.59. The fourth-order valence-electron chi connectivity index (χ4n) is 4.75. The first-order chi connectivity index (χ1) is 15.0. The lowest BCUT2D eigenvalue weighted by atomic mass is 9.81. The number of nitrogens with zero attached hydrogens (tertiary/aromatic N) is 4. The number of ether oxygens (including phenoxy) is 1. The maximum absolute atomic E-state index is 13.6. The Hall–Kier alpha value is -2.50. The largest absolute Gasteiger partial charge is 0.383 e. The third-order valence-corrected chi connectivity index (χ3v) is 6.44. The normalized spacial score (nSPS) is 25.0. The molecule has 0 aliphatic carbocycles. The molecule has 1 saturated heterocycles. The zero-order valence-electron chi connectivity index (χ0n) is 18.7. The molecule has 1 amide bonds. The molecule has 2 aliphatic heterocycles. The molecule has 1 N–H and O–H groups in total. The molecule has 7 nitrogen and oxygen atoms in total. The van der Waals surface area contributed by atoms with Gasteiger partial charge in [0.2, 0.25) is 5.91 Å². The number of carbonyl (C=O) groups excluding carboxylic acids is 1. The fraction of sp³-hybridized carbons (Fsp3) is 0.458.